The van der Waals surface area contributed by atoms with Crippen molar-refractivity contribution in [3.8, 4) is 55.6 Å². The Morgan fingerprint density at radius 3 is 1.14 bits per heavy atom. The predicted octanol–water partition coefficient (Wildman–Crippen LogP) is 20.6. The molecule has 0 amide bonds. The fourth-order valence-corrected chi connectivity index (χ4v) is 10.5. The van der Waals surface area contributed by atoms with Gasteiger partial charge in [-0.05, 0) is 170 Å². The molecule has 0 saturated heterocycles. The Kier molecular flexibility index (Phi) is 12.6. The van der Waals surface area contributed by atoms with Crippen molar-refractivity contribution in [2.75, 3.05) is 4.90 Å². The maximum absolute atomic E-state index is 2.46. The van der Waals surface area contributed by atoms with Gasteiger partial charge in [-0.1, -0.05) is 239 Å². The number of hydrogen-bond donors (Lipinski definition) is 0. The van der Waals surface area contributed by atoms with E-state index in [2.05, 4.69) is 292 Å². The van der Waals surface area contributed by atoms with Gasteiger partial charge in [0.25, 0.3) is 0 Å². The summed E-state index contributed by atoms with van der Waals surface area (Å²) in [7, 11) is 0. The minimum Gasteiger partial charge on any atom is -0.310 e. The molecular weight excluding hydrogens is 867 g/mol. The first kappa shape index (κ1) is 50.5. The molecule has 0 aliphatic heterocycles. The van der Waals surface area contributed by atoms with Crippen LogP contribution in [0.1, 0.15) is 157 Å². The molecule has 0 spiro atoms. The summed E-state index contributed by atoms with van der Waals surface area (Å²) < 4.78 is 0. The van der Waals surface area contributed by atoms with E-state index in [-0.39, 0.29) is 32.5 Å². The minimum atomic E-state index is -0.128. The van der Waals surface area contributed by atoms with Crippen LogP contribution in [0.5, 0.6) is 0 Å². The van der Waals surface area contributed by atoms with Gasteiger partial charge in [0.05, 0.1) is 0 Å². The van der Waals surface area contributed by atoms with Crippen molar-refractivity contribution in [1.82, 2.24) is 0 Å². The quantitative estimate of drug-likeness (QED) is 0.154. The highest BCUT2D eigenvalue weighted by atomic mass is 15.1. The lowest BCUT2D eigenvalue weighted by molar-refractivity contribution is 0.568. The van der Waals surface area contributed by atoms with E-state index in [9.17, 15) is 0 Å². The highest BCUT2D eigenvalue weighted by Crippen LogP contribution is 2.51. The van der Waals surface area contributed by atoms with Crippen molar-refractivity contribution < 1.29 is 0 Å². The number of nitrogens with zero attached hydrogens (tertiary/aromatic N) is 1. The minimum absolute atomic E-state index is 0.0282. The van der Waals surface area contributed by atoms with E-state index in [1.807, 2.05) is 0 Å². The Labute approximate surface area is 434 Å². The summed E-state index contributed by atoms with van der Waals surface area (Å²) >= 11 is 0. The fraction of sp³-hybridized carbons (Fsp3) is 0.324. The van der Waals surface area contributed by atoms with Crippen LogP contribution in [0.25, 0.3) is 55.6 Å². The molecule has 0 unspecified atom stereocenters. The maximum atomic E-state index is 2.46. The number of hydrogen-bond acceptors (Lipinski definition) is 1. The number of anilines is 3. The SMILES string of the molecule is CC(C)(C)c1cc(-c2cccc(-c3cccc(N(c4ccc(-c5cc(C(C)(C)C)cc(C(C)(C)C)c5)cc4)c4ccc5c(c4)C(C)(C)c4ccccc4-5)c3)c2)cc(-c2cc(C(C)(C)C)cc(C(C)(C)C)c2)c1. The number of fused-ring (bicyclic) bond motifs is 3. The Morgan fingerprint density at radius 1 is 0.264 bits per heavy atom. The van der Waals surface area contributed by atoms with E-state index in [1.165, 1.54) is 94.6 Å². The molecule has 0 fully saturated rings. The molecule has 1 heteroatoms. The summed E-state index contributed by atoms with van der Waals surface area (Å²) in [6.07, 6.45) is 0. The van der Waals surface area contributed by atoms with Crippen LogP contribution in [-0.2, 0) is 32.5 Å². The summed E-state index contributed by atoms with van der Waals surface area (Å²) in [5, 5.41) is 0. The summed E-state index contributed by atoms with van der Waals surface area (Å²) in [6.45, 7) is 39.6. The second-order valence-corrected chi connectivity index (χ2v) is 26.6. The first-order valence-electron chi connectivity index (χ1n) is 26.4. The largest absolute Gasteiger partial charge is 0.310 e. The van der Waals surface area contributed by atoms with Crippen molar-refractivity contribution in [1.29, 1.82) is 0 Å². The molecule has 8 aromatic carbocycles. The van der Waals surface area contributed by atoms with Gasteiger partial charge in [0.1, 0.15) is 0 Å². The first-order valence-corrected chi connectivity index (χ1v) is 26.4. The van der Waals surface area contributed by atoms with E-state index in [4.69, 9.17) is 0 Å². The summed E-state index contributed by atoms with van der Waals surface area (Å²) in [6, 6.07) is 65.4. The molecule has 368 valence electrons. The third-order valence-corrected chi connectivity index (χ3v) is 15.4. The van der Waals surface area contributed by atoms with Crippen LogP contribution in [0.3, 0.4) is 0 Å². The summed E-state index contributed by atoms with van der Waals surface area (Å²) in [5.41, 5.74) is 25.4. The highest BCUT2D eigenvalue weighted by molar-refractivity contribution is 5.87. The molecule has 8 aromatic rings. The van der Waals surface area contributed by atoms with Crippen molar-refractivity contribution in [2.45, 2.75) is 150 Å². The van der Waals surface area contributed by atoms with Crippen LogP contribution >= 0.6 is 0 Å². The lowest BCUT2D eigenvalue weighted by Gasteiger charge is -2.29. The van der Waals surface area contributed by atoms with Crippen LogP contribution in [0.2, 0.25) is 0 Å². The molecule has 1 nitrogen and oxygen atoms in total. The van der Waals surface area contributed by atoms with E-state index in [1.54, 1.807) is 0 Å². The molecule has 0 N–H and O–H groups in total. The van der Waals surface area contributed by atoms with Gasteiger partial charge in [-0.15, -0.1) is 0 Å². The molecule has 0 aromatic heterocycles. The van der Waals surface area contributed by atoms with Gasteiger partial charge >= 0.3 is 0 Å². The van der Waals surface area contributed by atoms with Crippen LogP contribution in [-0.4, -0.2) is 0 Å². The Hall–Kier alpha value is -6.44. The zero-order valence-corrected chi connectivity index (χ0v) is 46.6. The van der Waals surface area contributed by atoms with E-state index in [0.717, 1.165) is 17.1 Å². The van der Waals surface area contributed by atoms with Gasteiger partial charge < -0.3 is 4.90 Å². The van der Waals surface area contributed by atoms with Gasteiger partial charge in [-0.25, -0.2) is 0 Å². The molecule has 0 saturated carbocycles. The van der Waals surface area contributed by atoms with Crippen LogP contribution < -0.4 is 4.90 Å². The molecule has 0 bridgehead atoms. The molecular formula is C71H79N. The van der Waals surface area contributed by atoms with Gasteiger partial charge in [0.2, 0.25) is 0 Å². The lowest BCUT2D eigenvalue weighted by atomic mass is 9.78. The summed E-state index contributed by atoms with van der Waals surface area (Å²) in [4.78, 5) is 2.46. The van der Waals surface area contributed by atoms with Crippen LogP contribution in [0.15, 0.2) is 170 Å². The Balaban J connectivity index is 1.16. The van der Waals surface area contributed by atoms with Crippen molar-refractivity contribution >= 4 is 17.1 Å². The normalized spacial score (nSPS) is 13.7. The number of benzene rings is 8. The standard InChI is InChI=1S/C71H79N/c1-66(2,3)54-36-50(35-51(37-54)53-40-57(69(10,11)12)44-58(41-53)70(13,14)15)48-23-20-22-47(34-48)49-24-21-25-60(42-49)72(61-32-33-63-62-26-18-19-27-64(62)71(16,17)65(63)45-61)59-30-28-46(29-31-59)52-38-55(67(4,5)6)43-56(39-52)68(7,8)9/h18-45H,1-17H3. The van der Waals surface area contributed by atoms with Gasteiger partial charge in [0.15, 0.2) is 0 Å². The average molecular weight is 946 g/mol. The van der Waals surface area contributed by atoms with Crippen LogP contribution in [0.4, 0.5) is 17.1 Å². The fourth-order valence-electron chi connectivity index (χ4n) is 10.5. The monoisotopic (exact) mass is 946 g/mol. The first-order chi connectivity index (χ1) is 33.6. The Morgan fingerprint density at radius 2 is 0.625 bits per heavy atom. The molecule has 1 aliphatic carbocycles. The molecule has 0 heterocycles. The highest BCUT2D eigenvalue weighted by Gasteiger charge is 2.36. The van der Waals surface area contributed by atoms with Crippen molar-refractivity contribution in [2.24, 2.45) is 0 Å². The molecule has 0 atom stereocenters. The van der Waals surface area contributed by atoms with E-state index in [0.29, 0.717) is 0 Å². The van der Waals surface area contributed by atoms with E-state index < -0.39 is 0 Å². The van der Waals surface area contributed by atoms with Crippen LogP contribution in [0, 0.1) is 0 Å². The molecule has 9 rings (SSSR count). The van der Waals surface area contributed by atoms with Crippen molar-refractivity contribution in [3.05, 3.63) is 209 Å². The Bertz CT molecular complexity index is 3250. The second kappa shape index (κ2) is 17.9. The lowest BCUT2D eigenvalue weighted by Crippen LogP contribution is -2.16. The number of rotatable bonds is 7. The van der Waals surface area contributed by atoms with Gasteiger partial charge in [-0.3, -0.25) is 0 Å². The van der Waals surface area contributed by atoms with E-state index >= 15 is 0 Å². The van der Waals surface area contributed by atoms with Gasteiger partial charge in [-0.2, -0.15) is 0 Å². The maximum Gasteiger partial charge on any atom is 0.0467 e. The van der Waals surface area contributed by atoms with Crippen molar-refractivity contribution in [3.63, 3.8) is 0 Å². The molecule has 1 aliphatic rings. The zero-order valence-electron chi connectivity index (χ0n) is 46.6. The smallest absolute Gasteiger partial charge is 0.0467 e. The average Bonchev–Trinajstić information content (AvgIpc) is 3.55. The molecule has 0 radical (unpaired) electrons. The zero-order chi connectivity index (χ0) is 51.9. The summed E-state index contributed by atoms with van der Waals surface area (Å²) in [5.74, 6) is 0. The topological polar surface area (TPSA) is 3.24 Å². The second-order valence-electron chi connectivity index (χ2n) is 26.6. The third-order valence-electron chi connectivity index (χ3n) is 15.4. The molecule has 72 heavy (non-hydrogen) atoms. The third kappa shape index (κ3) is 10.0. The van der Waals surface area contributed by atoms with Gasteiger partial charge in [0, 0.05) is 22.5 Å². The predicted molar refractivity (Wildman–Crippen MR) is 314 cm³/mol.